The van der Waals surface area contributed by atoms with Gasteiger partial charge in [0, 0.05) is 61.2 Å². The van der Waals surface area contributed by atoms with Crippen LogP contribution in [0.3, 0.4) is 0 Å². The van der Waals surface area contributed by atoms with E-state index in [9.17, 15) is 10.2 Å². The maximum atomic E-state index is 13.8. The van der Waals surface area contributed by atoms with Gasteiger partial charge in [-0.1, -0.05) is 172 Å². The van der Waals surface area contributed by atoms with Gasteiger partial charge in [0.05, 0.1) is 36.0 Å². The summed E-state index contributed by atoms with van der Waals surface area (Å²) in [5, 5.41) is 34.9. The van der Waals surface area contributed by atoms with E-state index < -0.39 is 0 Å². The molecule has 0 saturated heterocycles. The molecule has 0 heterocycles. The maximum Gasteiger partial charge on any atom is 4.00 e. The van der Waals surface area contributed by atoms with E-state index in [-0.39, 0.29) is 63.0 Å². The summed E-state index contributed by atoms with van der Waals surface area (Å²) in [6, 6.07) is 54.2. The molecular formula is C70H84HfN4O4. The van der Waals surface area contributed by atoms with E-state index in [0.29, 0.717) is 26.3 Å². The van der Waals surface area contributed by atoms with Crippen molar-refractivity contribution in [2.75, 3.05) is 61.0 Å². The zero-order valence-corrected chi connectivity index (χ0v) is 53.5. The molecule has 0 bridgehead atoms. The Morgan fingerprint density at radius 3 is 1.05 bits per heavy atom. The summed E-state index contributed by atoms with van der Waals surface area (Å²) in [7, 11) is 3.44. The fourth-order valence-electron chi connectivity index (χ4n) is 9.57. The Labute approximate surface area is 493 Å². The first kappa shape index (κ1) is 64.9. The predicted molar refractivity (Wildman–Crippen MR) is 331 cm³/mol. The zero-order valence-electron chi connectivity index (χ0n) is 49.9. The average molecular weight is 1220 g/mol. The van der Waals surface area contributed by atoms with Crippen LogP contribution in [-0.4, -0.2) is 40.5 Å². The van der Waals surface area contributed by atoms with Crippen LogP contribution in [0.25, 0.3) is 22.3 Å². The van der Waals surface area contributed by atoms with Crippen LogP contribution in [0, 0.1) is 56.4 Å². The number of methoxy groups -OCH3 is 2. The van der Waals surface area contributed by atoms with Crippen LogP contribution in [0.4, 0.5) is 45.5 Å². The fourth-order valence-corrected chi connectivity index (χ4v) is 9.57. The second-order valence-electron chi connectivity index (χ2n) is 22.2. The molecule has 0 saturated carbocycles. The molecule has 412 valence electrons. The minimum absolute atomic E-state index is 0. The van der Waals surface area contributed by atoms with Crippen molar-refractivity contribution in [3.05, 3.63) is 217 Å². The van der Waals surface area contributed by atoms with Gasteiger partial charge in [0.2, 0.25) is 0 Å². The third-order valence-corrected chi connectivity index (χ3v) is 13.6. The summed E-state index contributed by atoms with van der Waals surface area (Å²) >= 11 is 0. The van der Waals surface area contributed by atoms with Crippen LogP contribution >= 0.6 is 0 Å². The summed E-state index contributed by atoms with van der Waals surface area (Å²) in [4.78, 5) is 4.53. The van der Waals surface area contributed by atoms with Crippen molar-refractivity contribution in [2.24, 2.45) is 0 Å². The first-order chi connectivity index (χ1) is 36.2. The molecule has 0 aliphatic heterocycles. The zero-order chi connectivity index (χ0) is 54.9. The molecule has 2 N–H and O–H groups in total. The number of anilines is 8. The SMILES string of the molecule is COCCN(c1cc(C)ccc1Nc1ccc(C)cc1)c1ccccc1-c1cc(C)cc(C(C)(C)C)c1[O-].COCCN(c1cc(C)ccc1Nc1ccc(C)cc1)c1ccccc1-c1cc(C)cc(C(C)(C)C)c1[O-].[CH3-].[CH3-].[Hf+4]. The number of hydrogen-bond donors (Lipinski definition) is 2. The van der Waals surface area contributed by atoms with Gasteiger partial charge in [0.25, 0.3) is 0 Å². The van der Waals surface area contributed by atoms with Crippen LogP contribution in [-0.2, 0) is 46.1 Å². The van der Waals surface area contributed by atoms with Gasteiger partial charge in [0.1, 0.15) is 0 Å². The van der Waals surface area contributed by atoms with E-state index in [1.54, 1.807) is 14.2 Å². The molecule has 0 spiro atoms. The summed E-state index contributed by atoms with van der Waals surface area (Å²) in [5.41, 5.74) is 19.5. The molecule has 0 radical (unpaired) electrons. The van der Waals surface area contributed by atoms with Gasteiger partial charge in [-0.3, -0.25) is 0 Å². The van der Waals surface area contributed by atoms with Crippen molar-refractivity contribution in [3.8, 4) is 33.8 Å². The maximum absolute atomic E-state index is 13.8. The number of hydrogen-bond acceptors (Lipinski definition) is 8. The Balaban J connectivity index is 0.000000328. The predicted octanol–water partition coefficient (Wildman–Crippen LogP) is 17.3. The van der Waals surface area contributed by atoms with Crippen LogP contribution in [0.5, 0.6) is 11.5 Å². The average Bonchev–Trinajstić information content (AvgIpc) is 3.40. The van der Waals surface area contributed by atoms with Crippen molar-refractivity contribution < 1.29 is 45.5 Å². The molecule has 79 heavy (non-hydrogen) atoms. The third-order valence-electron chi connectivity index (χ3n) is 13.6. The minimum Gasteiger partial charge on any atom is -0.872 e. The standard InChI is InChI=1S/2C34H40N2O2.2CH3.Hf/c2*1-23-12-15-26(16-13-23)35-30-17-14-24(2)22-32(30)36(18-19-38-7)31-11-9-8-10-27(31)28-20-25(3)21-29(33(28)37)34(4,5)6;;;/h2*8-17,20-22,35,37H,18-19H2,1-7H3;2*1H3;/q;;2*-1;+4/p-2. The Morgan fingerprint density at radius 2 is 0.722 bits per heavy atom. The summed E-state index contributed by atoms with van der Waals surface area (Å²) in [6.45, 7) is 27.4. The summed E-state index contributed by atoms with van der Waals surface area (Å²) in [6.07, 6.45) is 0. The summed E-state index contributed by atoms with van der Waals surface area (Å²) < 4.78 is 11.1. The van der Waals surface area contributed by atoms with E-state index in [2.05, 4.69) is 213 Å². The van der Waals surface area contributed by atoms with Gasteiger partial charge in [0.15, 0.2) is 0 Å². The van der Waals surface area contributed by atoms with Gasteiger partial charge in [-0.05, 0) is 146 Å². The molecule has 0 fully saturated rings. The Bertz CT molecular complexity index is 3030. The topological polar surface area (TPSA) is 95.1 Å². The molecule has 9 heteroatoms. The van der Waals surface area contributed by atoms with Gasteiger partial charge < -0.3 is 55.0 Å². The van der Waals surface area contributed by atoms with E-state index in [1.165, 1.54) is 11.1 Å². The fraction of sp³-hybridized carbons (Fsp3) is 0.286. The smallest absolute Gasteiger partial charge is 0.872 e. The van der Waals surface area contributed by atoms with Crippen molar-refractivity contribution in [1.29, 1.82) is 0 Å². The number of nitrogens with zero attached hydrogens (tertiary/aromatic N) is 2. The summed E-state index contributed by atoms with van der Waals surface area (Å²) in [5.74, 6) is 0.175. The van der Waals surface area contributed by atoms with E-state index >= 15 is 0 Å². The van der Waals surface area contributed by atoms with E-state index in [4.69, 9.17) is 9.47 Å². The van der Waals surface area contributed by atoms with E-state index in [1.807, 2.05) is 48.5 Å². The third kappa shape index (κ3) is 16.2. The first-order valence-electron chi connectivity index (χ1n) is 26.4. The molecule has 0 atom stereocenters. The van der Waals surface area contributed by atoms with Gasteiger partial charge >= 0.3 is 25.8 Å². The Morgan fingerprint density at radius 1 is 0.392 bits per heavy atom. The monoisotopic (exact) mass is 1220 g/mol. The molecule has 0 aliphatic rings. The van der Waals surface area contributed by atoms with Crippen LogP contribution in [0.1, 0.15) is 86.1 Å². The Kier molecular flexibility index (Phi) is 23.4. The van der Waals surface area contributed by atoms with Crippen molar-refractivity contribution in [2.45, 2.75) is 93.9 Å². The molecule has 0 unspecified atom stereocenters. The van der Waals surface area contributed by atoms with Crippen LogP contribution in [0.2, 0.25) is 0 Å². The number of ether oxygens (including phenoxy) is 2. The van der Waals surface area contributed by atoms with Crippen molar-refractivity contribution >= 4 is 45.5 Å². The van der Waals surface area contributed by atoms with E-state index in [0.717, 1.165) is 101 Å². The molecule has 8 aromatic carbocycles. The molecule has 8 rings (SSSR count). The second kappa shape index (κ2) is 28.5. The normalized spacial score (nSPS) is 11.0. The molecule has 0 aliphatic carbocycles. The largest absolute Gasteiger partial charge is 4.00 e. The number of benzene rings is 8. The van der Waals surface area contributed by atoms with Crippen LogP contribution < -0.4 is 30.6 Å². The van der Waals surface area contributed by atoms with Crippen LogP contribution in [0.15, 0.2) is 158 Å². The van der Waals surface area contributed by atoms with Gasteiger partial charge in [-0.2, -0.15) is 0 Å². The minimum atomic E-state index is -0.246. The molecule has 8 nitrogen and oxygen atoms in total. The molecule has 0 amide bonds. The molecular weight excluding hydrogens is 1140 g/mol. The number of rotatable bonds is 16. The van der Waals surface area contributed by atoms with Crippen molar-refractivity contribution in [1.82, 2.24) is 0 Å². The first-order valence-corrected chi connectivity index (χ1v) is 26.4. The number of aryl methyl sites for hydroxylation is 6. The number of para-hydroxylation sites is 2. The quantitative estimate of drug-likeness (QED) is 0.0730. The van der Waals surface area contributed by atoms with Gasteiger partial charge in [-0.25, -0.2) is 0 Å². The number of nitrogens with one attached hydrogen (secondary N) is 2. The second-order valence-corrected chi connectivity index (χ2v) is 22.2. The van der Waals surface area contributed by atoms with Crippen molar-refractivity contribution in [3.63, 3.8) is 0 Å². The van der Waals surface area contributed by atoms with Gasteiger partial charge in [-0.15, -0.1) is 0 Å². The Hall–Kier alpha value is -6.65. The molecule has 8 aromatic rings. The molecule has 0 aromatic heterocycles.